The predicted molar refractivity (Wildman–Crippen MR) is 111 cm³/mol. The number of nitrogens with zero attached hydrogens (tertiary/aromatic N) is 3. The lowest BCUT2D eigenvalue weighted by Crippen LogP contribution is -2.35. The van der Waals surface area contributed by atoms with E-state index in [0.29, 0.717) is 11.2 Å². The summed E-state index contributed by atoms with van der Waals surface area (Å²) in [6, 6.07) is 8.46. The van der Waals surface area contributed by atoms with Crippen LogP contribution in [0.5, 0.6) is 0 Å². The average Bonchev–Trinajstić information content (AvgIpc) is 2.90. The van der Waals surface area contributed by atoms with Crippen LogP contribution in [0, 0.1) is 12.8 Å². The molecule has 4 rings (SSSR count). The highest BCUT2D eigenvalue weighted by Gasteiger charge is 2.24. The van der Waals surface area contributed by atoms with Crippen molar-refractivity contribution in [1.29, 1.82) is 0 Å². The van der Waals surface area contributed by atoms with E-state index >= 15 is 0 Å². The third-order valence-corrected chi connectivity index (χ3v) is 6.47. The summed E-state index contributed by atoms with van der Waals surface area (Å²) in [5.74, 6) is 1.66. The second-order valence-corrected chi connectivity index (χ2v) is 9.19. The molecule has 0 spiro atoms. The molecule has 0 amide bonds. The van der Waals surface area contributed by atoms with Crippen molar-refractivity contribution in [2.75, 3.05) is 18.0 Å². The van der Waals surface area contributed by atoms with Crippen LogP contribution >= 0.6 is 38.9 Å². The first kappa shape index (κ1) is 17.3. The zero-order valence-corrected chi connectivity index (χ0v) is 17.4. The van der Waals surface area contributed by atoms with Crippen molar-refractivity contribution in [2.45, 2.75) is 26.7 Å². The highest BCUT2D eigenvalue weighted by Crippen LogP contribution is 2.43. The molecular formula is C19H19BrClN3S. The summed E-state index contributed by atoms with van der Waals surface area (Å²) < 4.78 is 1.08. The maximum Gasteiger partial charge on any atom is 0.225 e. The lowest BCUT2D eigenvalue weighted by Gasteiger charge is -2.32. The first-order chi connectivity index (χ1) is 12.0. The third kappa shape index (κ3) is 3.29. The van der Waals surface area contributed by atoms with Crippen molar-refractivity contribution in [2.24, 2.45) is 5.92 Å². The van der Waals surface area contributed by atoms with Gasteiger partial charge in [0.25, 0.3) is 0 Å². The summed E-state index contributed by atoms with van der Waals surface area (Å²) in [4.78, 5) is 13.8. The van der Waals surface area contributed by atoms with Gasteiger partial charge in [-0.15, -0.1) is 11.3 Å². The molecule has 1 aromatic carbocycles. The molecule has 1 saturated heterocycles. The van der Waals surface area contributed by atoms with Crippen LogP contribution in [0.15, 0.2) is 28.7 Å². The monoisotopic (exact) mass is 435 g/mol. The zero-order chi connectivity index (χ0) is 17.6. The van der Waals surface area contributed by atoms with Gasteiger partial charge in [0.05, 0.1) is 5.39 Å². The molecule has 1 unspecified atom stereocenters. The van der Waals surface area contributed by atoms with E-state index in [9.17, 15) is 0 Å². The van der Waals surface area contributed by atoms with E-state index in [1.165, 1.54) is 28.8 Å². The van der Waals surface area contributed by atoms with Crippen molar-refractivity contribution in [3.63, 3.8) is 0 Å². The lowest BCUT2D eigenvalue weighted by atomic mass is 9.99. The minimum atomic E-state index is 0.337. The first-order valence-corrected chi connectivity index (χ1v) is 10.5. The van der Waals surface area contributed by atoms with Gasteiger partial charge in [0.1, 0.15) is 10.6 Å². The zero-order valence-electron chi connectivity index (χ0n) is 14.2. The maximum absolute atomic E-state index is 6.26. The fourth-order valence-corrected chi connectivity index (χ4v) is 5.16. The Bertz CT molecular complexity index is 923. The number of aryl methyl sites for hydroxylation is 1. The molecule has 0 N–H and O–H groups in total. The van der Waals surface area contributed by atoms with Gasteiger partial charge in [0, 0.05) is 28.0 Å². The van der Waals surface area contributed by atoms with Gasteiger partial charge in [-0.05, 0) is 55.0 Å². The Balaban J connectivity index is 1.94. The lowest BCUT2D eigenvalue weighted by molar-refractivity contribution is 0.445. The minimum Gasteiger partial charge on any atom is -0.356 e. The maximum atomic E-state index is 6.26. The fourth-order valence-electron chi connectivity index (χ4n) is 3.64. The smallest absolute Gasteiger partial charge is 0.225 e. The molecule has 1 fully saturated rings. The van der Waals surface area contributed by atoms with Gasteiger partial charge in [0.2, 0.25) is 5.28 Å². The summed E-state index contributed by atoms with van der Waals surface area (Å²) in [6.07, 6.45) is 2.47. The van der Waals surface area contributed by atoms with Crippen LogP contribution in [-0.2, 0) is 0 Å². The van der Waals surface area contributed by atoms with E-state index in [2.05, 4.69) is 68.9 Å². The SMILES string of the molecule is Cc1sc2nc(Cl)nc(N3CCCC(C)C3)c2c1-c1ccc(Br)cc1. The topological polar surface area (TPSA) is 29.0 Å². The Hall–Kier alpha value is -1.17. The van der Waals surface area contributed by atoms with Crippen molar-refractivity contribution >= 4 is 54.9 Å². The number of hydrogen-bond donors (Lipinski definition) is 0. The standard InChI is InChI=1S/C19H19BrClN3S/c1-11-4-3-9-24(10-11)17-16-15(13-5-7-14(20)8-6-13)12(2)25-18(16)23-19(21)22-17/h5-8,11H,3-4,9-10H2,1-2H3. The second kappa shape index (κ2) is 6.86. The van der Waals surface area contributed by atoms with E-state index in [1.807, 2.05) is 0 Å². The van der Waals surface area contributed by atoms with Gasteiger partial charge in [-0.25, -0.2) is 4.98 Å². The largest absolute Gasteiger partial charge is 0.356 e. The van der Waals surface area contributed by atoms with Gasteiger partial charge in [-0.1, -0.05) is 35.0 Å². The molecule has 25 heavy (non-hydrogen) atoms. The molecule has 0 radical (unpaired) electrons. The molecular weight excluding hydrogens is 418 g/mol. The number of rotatable bonds is 2. The van der Waals surface area contributed by atoms with Gasteiger partial charge in [0.15, 0.2) is 0 Å². The summed E-state index contributed by atoms with van der Waals surface area (Å²) in [5, 5.41) is 1.48. The summed E-state index contributed by atoms with van der Waals surface area (Å²) in [6.45, 7) is 6.51. The van der Waals surface area contributed by atoms with Gasteiger partial charge in [-0.2, -0.15) is 4.98 Å². The van der Waals surface area contributed by atoms with Crippen molar-refractivity contribution in [1.82, 2.24) is 9.97 Å². The Kier molecular flexibility index (Phi) is 4.73. The number of anilines is 1. The molecule has 3 nitrogen and oxygen atoms in total. The van der Waals surface area contributed by atoms with Crippen molar-refractivity contribution < 1.29 is 0 Å². The van der Waals surface area contributed by atoms with Crippen LogP contribution in [0.2, 0.25) is 5.28 Å². The number of halogens is 2. The molecule has 6 heteroatoms. The molecule has 1 atom stereocenters. The van der Waals surface area contributed by atoms with Crippen LogP contribution in [0.25, 0.3) is 21.3 Å². The van der Waals surface area contributed by atoms with Gasteiger partial charge >= 0.3 is 0 Å². The first-order valence-electron chi connectivity index (χ1n) is 8.50. The van der Waals surface area contributed by atoms with Crippen LogP contribution in [0.3, 0.4) is 0 Å². The summed E-state index contributed by atoms with van der Waals surface area (Å²) in [5.41, 5.74) is 2.43. The minimum absolute atomic E-state index is 0.337. The summed E-state index contributed by atoms with van der Waals surface area (Å²) >= 11 is 11.5. The van der Waals surface area contributed by atoms with E-state index in [0.717, 1.165) is 33.6 Å². The predicted octanol–water partition coefficient (Wildman–Crippen LogP) is 6.32. The number of thiophene rings is 1. The molecule has 2 aromatic heterocycles. The number of aromatic nitrogens is 2. The molecule has 130 valence electrons. The number of fused-ring (bicyclic) bond motifs is 1. The average molecular weight is 437 g/mol. The highest BCUT2D eigenvalue weighted by molar-refractivity contribution is 9.10. The summed E-state index contributed by atoms with van der Waals surface area (Å²) in [7, 11) is 0. The van der Waals surface area contributed by atoms with Crippen molar-refractivity contribution in [3.8, 4) is 11.1 Å². The molecule has 0 aliphatic carbocycles. The van der Waals surface area contributed by atoms with Crippen molar-refractivity contribution in [3.05, 3.63) is 38.9 Å². The van der Waals surface area contributed by atoms with E-state index in [-0.39, 0.29) is 0 Å². The molecule has 0 bridgehead atoms. The van der Waals surface area contributed by atoms with E-state index in [4.69, 9.17) is 11.6 Å². The van der Waals surface area contributed by atoms with E-state index < -0.39 is 0 Å². The molecule has 3 heterocycles. The van der Waals surface area contributed by atoms with Crippen LogP contribution in [-0.4, -0.2) is 23.1 Å². The number of hydrogen-bond acceptors (Lipinski definition) is 4. The van der Waals surface area contributed by atoms with Crippen LogP contribution in [0.4, 0.5) is 5.82 Å². The third-order valence-electron chi connectivity index (χ3n) is 4.77. The van der Waals surface area contributed by atoms with Gasteiger partial charge in [-0.3, -0.25) is 0 Å². The molecule has 3 aromatic rings. The Morgan fingerprint density at radius 1 is 1.24 bits per heavy atom. The van der Waals surface area contributed by atoms with Crippen LogP contribution in [0.1, 0.15) is 24.6 Å². The second-order valence-electron chi connectivity index (χ2n) is 6.73. The molecule has 1 aliphatic heterocycles. The van der Waals surface area contributed by atoms with E-state index in [1.54, 1.807) is 11.3 Å². The molecule has 1 aliphatic rings. The normalized spacial score (nSPS) is 18.1. The Morgan fingerprint density at radius 2 is 2.00 bits per heavy atom. The fraction of sp³-hybridized carbons (Fsp3) is 0.368. The Labute approximate surface area is 165 Å². The highest BCUT2D eigenvalue weighted by atomic mass is 79.9. The quantitative estimate of drug-likeness (QED) is 0.440. The van der Waals surface area contributed by atoms with Gasteiger partial charge < -0.3 is 4.90 Å². The Morgan fingerprint density at radius 3 is 2.72 bits per heavy atom. The number of benzene rings is 1. The number of piperidine rings is 1. The molecule has 0 saturated carbocycles. The van der Waals surface area contributed by atoms with Crippen LogP contribution < -0.4 is 4.90 Å².